The van der Waals surface area contributed by atoms with E-state index in [0.29, 0.717) is 6.04 Å². The highest BCUT2D eigenvalue weighted by molar-refractivity contribution is 4.87. The van der Waals surface area contributed by atoms with E-state index in [1.807, 2.05) is 0 Å². The van der Waals surface area contributed by atoms with Crippen LogP contribution in [-0.2, 0) is 0 Å². The van der Waals surface area contributed by atoms with Gasteiger partial charge in [-0.3, -0.25) is 4.90 Å². The fourth-order valence-corrected chi connectivity index (χ4v) is 2.91. The molecule has 0 spiro atoms. The number of piperazine rings is 1. The lowest BCUT2D eigenvalue weighted by atomic mass is 10.1. The Bertz CT molecular complexity index is 220. The molecule has 2 rings (SSSR count). The molecular weight excluding hydrogens is 222 g/mol. The summed E-state index contributed by atoms with van der Waals surface area (Å²) in [5.41, 5.74) is 0. The molecule has 0 radical (unpaired) electrons. The molecule has 0 aromatic carbocycles. The smallest absolute Gasteiger partial charge is 0.0113 e. The first-order valence-electron chi connectivity index (χ1n) is 7.99. The number of nitrogens with zero attached hydrogens (tertiary/aromatic N) is 2. The van der Waals surface area contributed by atoms with Crippen LogP contribution in [0.15, 0.2) is 0 Å². The van der Waals surface area contributed by atoms with E-state index in [1.165, 1.54) is 71.4 Å². The molecule has 3 heteroatoms. The van der Waals surface area contributed by atoms with Gasteiger partial charge < -0.3 is 10.2 Å². The summed E-state index contributed by atoms with van der Waals surface area (Å²) in [6, 6.07) is 1.66. The van der Waals surface area contributed by atoms with E-state index in [1.54, 1.807) is 0 Å². The Hall–Kier alpha value is -0.120. The van der Waals surface area contributed by atoms with Gasteiger partial charge in [-0.05, 0) is 52.1 Å². The molecule has 1 unspecified atom stereocenters. The van der Waals surface area contributed by atoms with Gasteiger partial charge >= 0.3 is 0 Å². The SMILES string of the molecule is CCCNC(C)CCCN1CCN(C2CC2)CC1. The third kappa shape index (κ3) is 4.87. The molecule has 1 heterocycles. The molecule has 106 valence electrons. The number of nitrogens with one attached hydrogen (secondary N) is 1. The molecule has 3 nitrogen and oxygen atoms in total. The summed E-state index contributed by atoms with van der Waals surface area (Å²) in [5, 5.41) is 3.57. The van der Waals surface area contributed by atoms with Gasteiger partial charge in [0.15, 0.2) is 0 Å². The first kappa shape index (κ1) is 14.3. The highest BCUT2D eigenvalue weighted by Crippen LogP contribution is 2.27. The lowest BCUT2D eigenvalue weighted by molar-refractivity contribution is 0.124. The van der Waals surface area contributed by atoms with Gasteiger partial charge in [-0.25, -0.2) is 0 Å². The Morgan fingerprint density at radius 3 is 2.50 bits per heavy atom. The van der Waals surface area contributed by atoms with Gasteiger partial charge in [-0.2, -0.15) is 0 Å². The van der Waals surface area contributed by atoms with Crippen molar-refractivity contribution in [2.45, 2.75) is 58.0 Å². The average Bonchev–Trinajstić information content (AvgIpc) is 3.21. The quantitative estimate of drug-likeness (QED) is 0.713. The molecular formula is C15H31N3. The van der Waals surface area contributed by atoms with Gasteiger partial charge in [0.25, 0.3) is 0 Å². The second kappa shape index (κ2) is 7.46. The molecule has 0 bridgehead atoms. The first-order chi connectivity index (χ1) is 8.79. The molecule has 1 atom stereocenters. The van der Waals surface area contributed by atoms with Crippen LogP contribution in [0.2, 0.25) is 0 Å². The van der Waals surface area contributed by atoms with E-state index in [2.05, 4.69) is 29.0 Å². The minimum absolute atomic E-state index is 0.692. The number of hydrogen-bond donors (Lipinski definition) is 1. The maximum Gasteiger partial charge on any atom is 0.0113 e. The molecule has 0 amide bonds. The largest absolute Gasteiger partial charge is 0.314 e. The lowest BCUT2D eigenvalue weighted by Crippen LogP contribution is -2.47. The normalized spacial score (nSPS) is 24.3. The van der Waals surface area contributed by atoms with Crippen molar-refractivity contribution in [2.24, 2.45) is 0 Å². The first-order valence-corrected chi connectivity index (χ1v) is 7.99. The second-order valence-corrected chi connectivity index (χ2v) is 6.11. The summed E-state index contributed by atoms with van der Waals surface area (Å²) in [4.78, 5) is 5.35. The van der Waals surface area contributed by atoms with E-state index in [0.717, 1.165) is 6.04 Å². The summed E-state index contributed by atoms with van der Waals surface area (Å²) in [6.07, 6.45) is 6.83. The van der Waals surface area contributed by atoms with E-state index >= 15 is 0 Å². The van der Waals surface area contributed by atoms with Crippen LogP contribution < -0.4 is 5.32 Å². The summed E-state index contributed by atoms with van der Waals surface area (Å²) >= 11 is 0. The monoisotopic (exact) mass is 253 g/mol. The van der Waals surface area contributed by atoms with Crippen molar-refractivity contribution >= 4 is 0 Å². The summed E-state index contributed by atoms with van der Waals surface area (Å²) in [5.74, 6) is 0. The molecule has 18 heavy (non-hydrogen) atoms. The maximum absolute atomic E-state index is 3.57. The van der Waals surface area contributed by atoms with Gasteiger partial charge in [-0.15, -0.1) is 0 Å². The third-order valence-electron chi connectivity index (χ3n) is 4.32. The average molecular weight is 253 g/mol. The molecule has 0 aromatic heterocycles. The second-order valence-electron chi connectivity index (χ2n) is 6.11. The highest BCUT2D eigenvalue weighted by atomic mass is 15.3. The standard InChI is InChI=1S/C15H31N3/c1-3-8-16-14(2)5-4-9-17-10-12-18(13-11-17)15-6-7-15/h14-16H,3-13H2,1-2H3. The zero-order valence-electron chi connectivity index (χ0n) is 12.3. The van der Waals surface area contributed by atoms with Crippen molar-refractivity contribution in [3.8, 4) is 0 Å². The van der Waals surface area contributed by atoms with E-state index in [9.17, 15) is 0 Å². The van der Waals surface area contributed by atoms with Crippen molar-refractivity contribution in [3.63, 3.8) is 0 Å². The zero-order valence-corrected chi connectivity index (χ0v) is 12.3. The third-order valence-corrected chi connectivity index (χ3v) is 4.32. The summed E-state index contributed by atoms with van der Waals surface area (Å²) in [6.45, 7) is 12.3. The Balaban J connectivity index is 1.49. The van der Waals surface area contributed by atoms with Crippen molar-refractivity contribution in [3.05, 3.63) is 0 Å². The topological polar surface area (TPSA) is 18.5 Å². The van der Waals surface area contributed by atoms with Crippen LogP contribution in [-0.4, -0.2) is 61.2 Å². The van der Waals surface area contributed by atoms with E-state index in [4.69, 9.17) is 0 Å². The molecule has 1 aliphatic carbocycles. The Morgan fingerprint density at radius 2 is 1.89 bits per heavy atom. The van der Waals surface area contributed by atoms with E-state index in [-0.39, 0.29) is 0 Å². The van der Waals surface area contributed by atoms with Crippen LogP contribution >= 0.6 is 0 Å². The molecule has 1 aliphatic heterocycles. The van der Waals surface area contributed by atoms with Crippen LogP contribution in [0.1, 0.15) is 46.0 Å². The van der Waals surface area contributed by atoms with Crippen molar-refractivity contribution < 1.29 is 0 Å². The van der Waals surface area contributed by atoms with Gasteiger partial charge in [0.2, 0.25) is 0 Å². The minimum Gasteiger partial charge on any atom is -0.314 e. The predicted molar refractivity (Wildman–Crippen MR) is 78.0 cm³/mol. The van der Waals surface area contributed by atoms with Crippen LogP contribution in [0.25, 0.3) is 0 Å². The van der Waals surface area contributed by atoms with Crippen molar-refractivity contribution in [1.82, 2.24) is 15.1 Å². The molecule has 2 fully saturated rings. The van der Waals surface area contributed by atoms with E-state index < -0.39 is 0 Å². The molecule has 0 aromatic rings. The molecule has 1 saturated heterocycles. The lowest BCUT2D eigenvalue weighted by Gasteiger charge is -2.35. The van der Waals surface area contributed by atoms with Crippen molar-refractivity contribution in [1.29, 1.82) is 0 Å². The molecule has 1 N–H and O–H groups in total. The van der Waals surface area contributed by atoms with Gasteiger partial charge in [0.1, 0.15) is 0 Å². The number of rotatable bonds is 8. The van der Waals surface area contributed by atoms with Crippen LogP contribution in [0.4, 0.5) is 0 Å². The molecule has 1 saturated carbocycles. The van der Waals surface area contributed by atoms with Gasteiger partial charge in [0, 0.05) is 38.3 Å². The van der Waals surface area contributed by atoms with Gasteiger partial charge in [0.05, 0.1) is 0 Å². The predicted octanol–water partition coefficient (Wildman–Crippen LogP) is 1.93. The Kier molecular flexibility index (Phi) is 5.93. The van der Waals surface area contributed by atoms with Gasteiger partial charge in [-0.1, -0.05) is 6.92 Å². The highest BCUT2D eigenvalue weighted by Gasteiger charge is 2.30. The minimum atomic E-state index is 0.692. The van der Waals surface area contributed by atoms with Crippen LogP contribution in [0.3, 0.4) is 0 Å². The summed E-state index contributed by atoms with van der Waals surface area (Å²) in [7, 11) is 0. The molecule has 2 aliphatic rings. The zero-order chi connectivity index (χ0) is 12.8. The fourth-order valence-electron chi connectivity index (χ4n) is 2.91. The number of hydrogen-bond acceptors (Lipinski definition) is 3. The van der Waals surface area contributed by atoms with Crippen LogP contribution in [0.5, 0.6) is 0 Å². The van der Waals surface area contributed by atoms with Crippen LogP contribution in [0, 0.1) is 0 Å². The van der Waals surface area contributed by atoms with Crippen molar-refractivity contribution in [2.75, 3.05) is 39.3 Å². The Morgan fingerprint density at radius 1 is 1.17 bits per heavy atom. The fraction of sp³-hybridized carbons (Fsp3) is 1.00. The maximum atomic E-state index is 3.57. The summed E-state index contributed by atoms with van der Waals surface area (Å²) < 4.78 is 0. The Labute approximate surface area is 113 Å².